The number of pyridine rings is 1. The number of fused-ring (bicyclic) bond motifs is 1. The Morgan fingerprint density at radius 1 is 1.12 bits per heavy atom. The van der Waals surface area contributed by atoms with Crippen LogP contribution in [0.2, 0.25) is 0 Å². The van der Waals surface area contributed by atoms with E-state index < -0.39 is 0 Å². The van der Waals surface area contributed by atoms with Crippen LogP contribution in [0.25, 0.3) is 22.2 Å². The zero-order valence-corrected chi connectivity index (χ0v) is 18.3. The second-order valence-electron chi connectivity index (χ2n) is 9.04. The number of H-pyrrole nitrogens is 1. The molecule has 1 amide bonds. The van der Waals surface area contributed by atoms with Crippen molar-refractivity contribution < 1.29 is 9.53 Å². The highest BCUT2D eigenvalue weighted by Crippen LogP contribution is 2.41. The molecule has 166 valence electrons. The minimum atomic E-state index is -0.299. The molecule has 4 aromatic rings. The number of amides is 1. The number of ether oxygens (including phenoxy) is 1. The number of nitrogens with one attached hydrogen (secondary N) is 2. The zero-order chi connectivity index (χ0) is 22.4. The van der Waals surface area contributed by atoms with Crippen molar-refractivity contribution in [1.82, 2.24) is 25.3 Å². The summed E-state index contributed by atoms with van der Waals surface area (Å²) in [5.74, 6) is -0.152. The summed E-state index contributed by atoms with van der Waals surface area (Å²) in [4.78, 5) is 31.4. The highest BCUT2D eigenvalue weighted by molar-refractivity contribution is 5.95. The first-order chi connectivity index (χ1) is 16.1. The summed E-state index contributed by atoms with van der Waals surface area (Å²) in [6, 6.07) is 11.8. The Labute approximate surface area is 191 Å². The van der Waals surface area contributed by atoms with E-state index in [0.717, 1.165) is 59.7 Å². The molecule has 0 aliphatic carbocycles. The fraction of sp³-hybridized carbons (Fsp3) is 0.280. The molecule has 0 bridgehead atoms. The number of anilines is 1. The van der Waals surface area contributed by atoms with Crippen molar-refractivity contribution >= 4 is 22.6 Å². The second kappa shape index (κ2) is 7.67. The molecule has 2 aliphatic rings. The average Bonchev–Trinajstić information content (AvgIpc) is 3.21. The number of carbonyl (C=O) groups is 1. The predicted octanol–water partition coefficient (Wildman–Crippen LogP) is 3.35. The molecule has 6 rings (SSSR count). The number of hydrogen-bond acceptors (Lipinski definition) is 6. The Kier molecular flexibility index (Phi) is 4.62. The molecule has 1 spiro atoms. The summed E-state index contributed by atoms with van der Waals surface area (Å²) >= 11 is 0. The van der Waals surface area contributed by atoms with E-state index in [1.165, 1.54) is 0 Å². The van der Waals surface area contributed by atoms with Gasteiger partial charge in [0.05, 0.1) is 36.6 Å². The molecule has 0 radical (unpaired) electrons. The van der Waals surface area contributed by atoms with E-state index >= 15 is 0 Å². The van der Waals surface area contributed by atoms with Gasteiger partial charge in [0.2, 0.25) is 5.82 Å². The molecule has 1 aromatic carbocycles. The van der Waals surface area contributed by atoms with Crippen LogP contribution in [0.1, 0.15) is 29.1 Å². The van der Waals surface area contributed by atoms with E-state index in [1.807, 2.05) is 49.6 Å². The van der Waals surface area contributed by atoms with Gasteiger partial charge in [-0.15, -0.1) is 0 Å². The Bertz CT molecular complexity index is 1310. The van der Waals surface area contributed by atoms with E-state index in [2.05, 4.69) is 36.2 Å². The van der Waals surface area contributed by atoms with Crippen LogP contribution in [0.5, 0.6) is 0 Å². The van der Waals surface area contributed by atoms with Gasteiger partial charge in [-0.05, 0) is 18.6 Å². The first-order valence-electron chi connectivity index (χ1n) is 11.1. The lowest BCUT2D eigenvalue weighted by molar-refractivity contribution is -0.127. The maximum atomic E-state index is 12.6. The third-order valence-corrected chi connectivity index (χ3v) is 6.56. The number of benzene rings is 1. The monoisotopic (exact) mass is 440 g/mol. The Morgan fingerprint density at radius 3 is 2.58 bits per heavy atom. The maximum Gasteiger partial charge on any atom is 0.289 e. The number of rotatable bonds is 5. The fourth-order valence-electron chi connectivity index (χ4n) is 4.59. The lowest BCUT2D eigenvalue weighted by Gasteiger charge is -2.55. The maximum absolute atomic E-state index is 12.6. The summed E-state index contributed by atoms with van der Waals surface area (Å²) in [6.07, 6.45) is 7.20. The Morgan fingerprint density at radius 2 is 1.88 bits per heavy atom. The summed E-state index contributed by atoms with van der Waals surface area (Å²) in [6.45, 7) is 5.67. The SMILES string of the molecule is C[C@H](NC(=O)c1ncc(-c2c[nH]c3ncc(N4CC5(COC5)C4)cc23)cn1)c1ccccc1. The largest absolute Gasteiger partial charge is 0.380 e. The van der Waals surface area contributed by atoms with E-state index in [4.69, 9.17) is 4.74 Å². The molecule has 2 saturated heterocycles. The number of aromatic amines is 1. The second-order valence-corrected chi connectivity index (χ2v) is 9.04. The molecule has 8 heteroatoms. The number of carbonyl (C=O) groups excluding carboxylic acids is 1. The molecule has 0 unspecified atom stereocenters. The van der Waals surface area contributed by atoms with Gasteiger partial charge in [0.25, 0.3) is 5.91 Å². The third kappa shape index (κ3) is 3.52. The van der Waals surface area contributed by atoms with E-state index in [9.17, 15) is 4.79 Å². The molecule has 0 saturated carbocycles. The molecule has 2 N–H and O–H groups in total. The van der Waals surface area contributed by atoms with Gasteiger partial charge >= 0.3 is 0 Å². The highest BCUT2D eigenvalue weighted by atomic mass is 16.5. The van der Waals surface area contributed by atoms with Gasteiger partial charge in [-0.1, -0.05) is 30.3 Å². The summed E-state index contributed by atoms with van der Waals surface area (Å²) < 4.78 is 5.38. The zero-order valence-electron chi connectivity index (χ0n) is 18.3. The minimum Gasteiger partial charge on any atom is -0.380 e. The number of aromatic nitrogens is 4. The van der Waals surface area contributed by atoms with Crippen LogP contribution >= 0.6 is 0 Å². The summed E-state index contributed by atoms with van der Waals surface area (Å²) in [5, 5.41) is 3.96. The van der Waals surface area contributed by atoms with Crippen molar-refractivity contribution in [1.29, 1.82) is 0 Å². The van der Waals surface area contributed by atoms with Gasteiger partial charge in [0, 0.05) is 48.2 Å². The van der Waals surface area contributed by atoms with Crippen molar-refractivity contribution in [3.05, 3.63) is 72.6 Å². The quantitative estimate of drug-likeness (QED) is 0.494. The van der Waals surface area contributed by atoms with Crippen molar-refractivity contribution in [2.75, 3.05) is 31.2 Å². The molecule has 8 nitrogen and oxygen atoms in total. The highest BCUT2D eigenvalue weighted by Gasteiger charge is 2.49. The lowest BCUT2D eigenvalue weighted by atomic mass is 9.78. The van der Waals surface area contributed by atoms with Gasteiger partial charge in [-0.2, -0.15) is 0 Å². The topological polar surface area (TPSA) is 96.0 Å². The Balaban J connectivity index is 1.20. The number of nitrogens with zero attached hydrogens (tertiary/aromatic N) is 4. The van der Waals surface area contributed by atoms with Gasteiger partial charge in [-0.3, -0.25) is 4.79 Å². The lowest BCUT2D eigenvalue weighted by Crippen LogP contribution is -2.66. The van der Waals surface area contributed by atoms with Crippen LogP contribution in [0, 0.1) is 5.41 Å². The molecule has 2 aliphatic heterocycles. The van der Waals surface area contributed by atoms with Crippen LogP contribution in [-0.4, -0.2) is 52.1 Å². The third-order valence-electron chi connectivity index (χ3n) is 6.56. The smallest absolute Gasteiger partial charge is 0.289 e. The molecule has 5 heterocycles. The van der Waals surface area contributed by atoms with E-state index in [0.29, 0.717) is 5.41 Å². The normalized spacial score (nSPS) is 17.4. The molecular formula is C25H24N6O2. The molecule has 2 fully saturated rings. The van der Waals surface area contributed by atoms with Gasteiger partial charge < -0.3 is 19.9 Å². The average molecular weight is 441 g/mol. The molecule has 33 heavy (non-hydrogen) atoms. The minimum absolute atomic E-state index is 0.132. The van der Waals surface area contributed by atoms with Crippen molar-refractivity contribution in [2.24, 2.45) is 5.41 Å². The van der Waals surface area contributed by atoms with E-state index in [-0.39, 0.29) is 17.8 Å². The first-order valence-corrected chi connectivity index (χ1v) is 11.1. The summed E-state index contributed by atoms with van der Waals surface area (Å²) in [5.41, 5.74) is 5.09. The number of hydrogen-bond donors (Lipinski definition) is 2. The fourth-order valence-corrected chi connectivity index (χ4v) is 4.59. The van der Waals surface area contributed by atoms with Crippen molar-refractivity contribution in [3.63, 3.8) is 0 Å². The van der Waals surface area contributed by atoms with Crippen molar-refractivity contribution in [2.45, 2.75) is 13.0 Å². The van der Waals surface area contributed by atoms with Gasteiger partial charge in [0.1, 0.15) is 5.65 Å². The standard InChI is InChI=1S/C25H24N6O2/c1-16(17-5-3-2-4-6-17)30-24(32)23-26-8-18(9-27-23)21-11-29-22-20(21)7-19(10-28-22)31-12-25(13-31)14-33-15-25/h2-11,16H,12-15H2,1H3,(H,28,29)(H,30,32)/t16-/m0/s1. The summed E-state index contributed by atoms with van der Waals surface area (Å²) in [7, 11) is 0. The van der Waals surface area contributed by atoms with Crippen LogP contribution in [0.4, 0.5) is 5.69 Å². The van der Waals surface area contributed by atoms with Crippen LogP contribution in [0.15, 0.2) is 61.2 Å². The molecule has 1 atom stereocenters. The first kappa shape index (κ1) is 19.9. The molecule has 3 aromatic heterocycles. The predicted molar refractivity (Wildman–Crippen MR) is 125 cm³/mol. The van der Waals surface area contributed by atoms with Crippen LogP contribution in [-0.2, 0) is 4.74 Å². The van der Waals surface area contributed by atoms with Crippen molar-refractivity contribution in [3.8, 4) is 11.1 Å². The van der Waals surface area contributed by atoms with Crippen LogP contribution < -0.4 is 10.2 Å². The van der Waals surface area contributed by atoms with Gasteiger partial charge in [0.15, 0.2) is 0 Å². The van der Waals surface area contributed by atoms with Gasteiger partial charge in [-0.25, -0.2) is 15.0 Å². The van der Waals surface area contributed by atoms with E-state index in [1.54, 1.807) is 12.4 Å². The Hall–Kier alpha value is -3.78. The van der Waals surface area contributed by atoms with Crippen LogP contribution in [0.3, 0.4) is 0 Å². The molecular weight excluding hydrogens is 416 g/mol.